The first kappa shape index (κ1) is 12.8. The first-order chi connectivity index (χ1) is 8.24. The van der Waals surface area contributed by atoms with Crippen LogP contribution < -0.4 is 4.90 Å². The lowest BCUT2D eigenvalue weighted by molar-refractivity contribution is 0.0526. The second-order valence-corrected chi connectivity index (χ2v) is 5.39. The van der Waals surface area contributed by atoms with Crippen molar-refractivity contribution in [3.8, 4) is 0 Å². The van der Waals surface area contributed by atoms with Crippen LogP contribution in [0, 0.1) is 6.92 Å². The SMILES string of the molecule is CCOC1CCCN(c2nc(C)c(CO)s2)C1. The number of aryl methyl sites for hydroxylation is 1. The Kier molecular flexibility index (Phi) is 4.36. The minimum Gasteiger partial charge on any atom is -0.391 e. The van der Waals surface area contributed by atoms with Gasteiger partial charge in [-0.2, -0.15) is 0 Å². The summed E-state index contributed by atoms with van der Waals surface area (Å²) in [5, 5.41) is 10.2. The van der Waals surface area contributed by atoms with E-state index in [9.17, 15) is 5.11 Å². The minimum atomic E-state index is 0.0895. The van der Waals surface area contributed by atoms with Crippen molar-refractivity contribution >= 4 is 16.5 Å². The van der Waals surface area contributed by atoms with Crippen LogP contribution in [-0.4, -0.2) is 35.9 Å². The summed E-state index contributed by atoms with van der Waals surface area (Å²) in [6.07, 6.45) is 2.62. The van der Waals surface area contributed by atoms with Gasteiger partial charge in [-0.1, -0.05) is 11.3 Å². The van der Waals surface area contributed by atoms with Crippen LogP contribution in [0.2, 0.25) is 0 Å². The number of hydrogen-bond acceptors (Lipinski definition) is 5. The van der Waals surface area contributed by atoms with Gasteiger partial charge in [0, 0.05) is 19.7 Å². The Morgan fingerprint density at radius 2 is 2.41 bits per heavy atom. The molecule has 0 aromatic carbocycles. The number of anilines is 1. The molecular formula is C12H20N2O2S. The lowest BCUT2D eigenvalue weighted by Crippen LogP contribution is -2.39. The zero-order chi connectivity index (χ0) is 12.3. The van der Waals surface area contributed by atoms with Gasteiger partial charge in [0.1, 0.15) is 0 Å². The fraction of sp³-hybridized carbons (Fsp3) is 0.750. The molecule has 0 amide bonds. The second kappa shape index (κ2) is 5.80. The average Bonchev–Trinajstić information content (AvgIpc) is 2.71. The predicted molar refractivity (Wildman–Crippen MR) is 69.6 cm³/mol. The number of aliphatic hydroxyl groups excluding tert-OH is 1. The molecule has 5 heteroatoms. The van der Waals surface area contributed by atoms with Gasteiger partial charge in [-0.3, -0.25) is 0 Å². The quantitative estimate of drug-likeness (QED) is 0.894. The van der Waals surface area contributed by atoms with Crippen molar-refractivity contribution in [2.45, 2.75) is 39.4 Å². The van der Waals surface area contributed by atoms with E-state index in [4.69, 9.17) is 4.74 Å². The van der Waals surface area contributed by atoms with E-state index in [0.29, 0.717) is 6.10 Å². The fourth-order valence-electron chi connectivity index (χ4n) is 2.18. The Morgan fingerprint density at radius 3 is 3.06 bits per heavy atom. The minimum absolute atomic E-state index is 0.0895. The van der Waals surface area contributed by atoms with Gasteiger partial charge in [-0.15, -0.1) is 0 Å². The van der Waals surface area contributed by atoms with Crippen molar-refractivity contribution in [3.05, 3.63) is 10.6 Å². The number of nitrogens with zero attached hydrogens (tertiary/aromatic N) is 2. The zero-order valence-electron chi connectivity index (χ0n) is 10.5. The average molecular weight is 256 g/mol. The lowest BCUT2D eigenvalue weighted by Gasteiger charge is -2.32. The Hall–Kier alpha value is -0.650. The summed E-state index contributed by atoms with van der Waals surface area (Å²) in [6, 6.07) is 0. The first-order valence-electron chi connectivity index (χ1n) is 6.18. The molecule has 96 valence electrons. The third-order valence-corrected chi connectivity index (χ3v) is 4.28. The number of hydrogen-bond donors (Lipinski definition) is 1. The maximum atomic E-state index is 9.19. The van der Waals surface area contributed by atoms with Crippen molar-refractivity contribution in [3.63, 3.8) is 0 Å². The summed E-state index contributed by atoms with van der Waals surface area (Å²) in [7, 11) is 0. The summed E-state index contributed by atoms with van der Waals surface area (Å²) in [4.78, 5) is 7.78. The van der Waals surface area contributed by atoms with Gasteiger partial charge in [-0.25, -0.2) is 4.98 Å². The van der Waals surface area contributed by atoms with Gasteiger partial charge >= 0.3 is 0 Å². The van der Waals surface area contributed by atoms with Crippen molar-refractivity contribution in [1.82, 2.24) is 4.98 Å². The van der Waals surface area contributed by atoms with Crippen LogP contribution in [-0.2, 0) is 11.3 Å². The Labute approximate surface area is 106 Å². The van der Waals surface area contributed by atoms with Crippen LogP contribution in [0.15, 0.2) is 0 Å². The molecule has 0 aliphatic carbocycles. The summed E-state index contributed by atoms with van der Waals surface area (Å²) in [5.74, 6) is 0. The summed E-state index contributed by atoms with van der Waals surface area (Å²) in [6.45, 7) is 6.82. The van der Waals surface area contributed by atoms with E-state index < -0.39 is 0 Å². The highest BCUT2D eigenvalue weighted by molar-refractivity contribution is 7.15. The zero-order valence-corrected chi connectivity index (χ0v) is 11.3. The first-order valence-corrected chi connectivity index (χ1v) is 7.00. The van der Waals surface area contributed by atoms with E-state index >= 15 is 0 Å². The van der Waals surface area contributed by atoms with Gasteiger partial charge in [-0.05, 0) is 26.7 Å². The molecule has 2 rings (SSSR count). The van der Waals surface area contributed by atoms with Crippen LogP contribution in [0.25, 0.3) is 0 Å². The van der Waals surface area contributed by atoms with Crippen LogP contribution in [0.1, 0.15) is 30.3 Å². The van der Waals surface area contributed by atoms with Gasteiger partial charge in [0.25, 0.3) is 0 Å². The van der Waals surface area contributed by atoms with Crippen molar-refractivity contribution < 1.29 is 9.84 Å². The van der Waals surface area contributed by atoms with Crippen molar-refractivity contribution in [2.75, 3.05) is 24.6 Å². The fourth-order valence-corrected chi connectivity index (χ4v) is 3.13. The lowest BCUT2D eigenvalue weighted by atomic mass is 10.1. The van der Waals surface area contributed by atoms with E-state index in [2.05, 4.69) is 9.88 Å². The molecule has 1 aliphatic rings. The summed E-state index contributed by atoms with van der Waals surface area (Å²) < 4.78 is 5.68. The molecule has 17 heavy (non-hydrogen) atoms. The smallest absolute Gasteiger partial charge is 0.185 e. The monoisotopic (exact) mass is 256 g/mol. The van der Waals surface area contributed by atoms with Gasteiger partial charge in [0.05, 0.1) is 23.3 Å². The van der Waals surface area contributed by atoms with Crippen LogP contribution in [0.3, 0.4) is 0 Å². The van der Waals surface area contributed by atoms with E-state index in [0.717, 1.165) is 48.2 Å². The normalized spacial score (nSPS) is 20.9. The highest BCUT2D eigenvalue weighted by atomic mass is 32.1. The Balaban J connectivity index is 2.05. The third-order valence-electron chi connectivity index (χ3n) is 3.08. The van der Waals surface area contributed by atoms with Crippen LogP contribution >= 0.6 is 11.3 Å². The van der Waals surface area contributed by atoms with Crippen molar-refractivity contribution in [2.24, 2.45) is 0 Å². The topological polar surface area (TPSA) is 45.6 Å². The van der Waals surface area contributed by atoms with Gasteiger partial charge in [0.2, 0.25) is 0 Å². The number of rotatable bonds is 4. The summed E-state index contributed by atoms with van der Waals surface area (Å²) in [5.41, 5.74) is 0.950. The molecule has 1 aromatic rings. The molecule has 1 N–H and O–H groups in total. The van der Waals surface area contributed by atoms with Gasteiger partial charge < -0.3 is 14.7 Å². The van der Waals surface area contributed by atoms with E-state index in [1.165, 1.54) is 0 Å². The molecule has 1 atom stereocenters. The number of piperidine rings is 1. The molecular weight excluding hydrogens is 236 g/mol. The van der Waals surface area contributed by atoms with Gasteiger partial charge in [0.15, 0.2) is 5.13 Å². The number of ether oxygens (including phenoxy) is 1. The molecule has 0 radical (unpaired) electrons. The van der Waals surface area contributed by atoms with Crippen molar-refractivity contribution in [1.29, 1.82) is 0 Å². The molecule has 1 fully saturated rings. The second-order valence-electron chi connectivity index (χ2n) is 4.33. The maximum absolute atomic E-state index is 9.19. The van der Waals surface area contributed by atoms with Crippen LogP contribution in [0.4, 0.5) is 5.13 Å². The molecule has 1 saturated heterocycles. The molecule has 1 aliphatic heterocycles. The predicted octanol–water partition coefficient (Wildman–Crippen LogP) is 1.95. The van der Waals surface area contributed by atoms with Crippen LogP contribution in [0.5, 0.6) is 0 Å². The van der Waals surface area contributed by atoms with E-state index in [1.54, 1.807) is 11.3 Å². The molecule has 2 heterocycles. The summed E-state index contributed by atoms with van der Waals surface area (Å²) >= 11 is 1.60. The number of aromatic nitrogens is 1. The molecule has 1 aromatic heterocycles. The molecule has 0 saturated carbocycles. The molecule has 1 unspecified atom stereocenters. The highest BCUT2D eigenvalue weighted by Crippen LogP contribution is 2.28. The third kappa shape index (κ3) is 2.97. The number of aliphatic hydroxyl groups is 1. The van der Waals surface area contributed by atoms with E-state index in [1.807, 2.05) is 13.8 Å². The largest absolute Gasteiger partial charge is 0.391 e. The molecule has 0 spiro atoms. The standard InChI is InChI=1S/C12H20N2O2S/c1-3-16-10-5-4-6-14(7-10)12-13-9(2)11(8-15)17-12/h10,15H,3-8H2,1-2H3. The van der Waals surface area contributed by atoms with E-state index in [-0.39, 0.29) is 6.61 Å². The Bertz CT molecular complexity index is 365. The highest BCUT2D eigenvalue weighted by Gasteiger charge is 2.22. The Morgan fingerprint density at radius 1 is 1.59 bits per heavy atom. The maximum Gasteiger partial charge on any atom is 0.185 e. The molecule has 4 nitrogen and oxygen atoms in total. The number of thiazole rings is 1. The molecule has 0 bridgehead atoms.